The lowest BCUT2D eigenvalue weighted by atomic mass is 10.2. The summed E-state index contributed by atoms with van der Waals surface area (Å²) in [6.07, 6.45) is 1.89. The van der Waals surface area contributed by atoms with Gasteiger partial charge in [-0.3, -0.25) is 0 Å². The van der Waals surface area contributed by atoms with Gasteiger partial charge in [-0.1, -0.05) is 40.2 Å². The lowest BCUT2D eigenvalue weighted by molar-refractivity contribution is 0.824. The Balaban J connectivity index is 2.00. The molecule has 0 fully saturated rings. The Hall–Kier alpha value is -1.61. The van der Waals surface area contributed by atoms with Crippen LogP contribution in [0.25, 0.3) is 11.0 Å². The molecule has 0 saturated heterocycles. The molecule has 1 heterocycles. The molecule has 3 rings (SSSR count). The molecule has 0 unspecified atom stereocenters. The number of hydrogen-bond acceptors (Lipinski definition) is 1. The van der Waals surface area contributed by atoms with Crippen LogP contribution in [-0.2, 0) is 6.54 Å². The van der Waals surface area contributed by atoms with Gasteiger partial charge < -0.3 is 4.57 Å². The highest BCUT2D eigenvalue weighted by molar-refractivity contribution is 9.10. The molecule has 0 saturated carbocycles. The molecule has 0 N–H and O–H groups in total. The lowest BCUT2D eigenvalue weighted by Gasteiger charge is -2.04. The van der Waals surface area contributed by atoms with Crippen LogP contribution >= 0.6 is 15.9 Å². The van der Waals surface area contributed by atoms with E-state index in [0.29, 0.717) is 0 Å². The highest BCUT2D eigenvalue weighted by Crippen LogP contribution is 2.16. The number of fused-ring (bicyclic) bond motifs is 1. The van der Waals surface area contributed by atoms with E-state index in [4.69, 9.17) is 0 Å². The Labute approximate surface area is 108 Å². The molecule has 0 aliphatic carbocycles. The summed E-state index contributed by atoms with van der Waals surface area (Å²) < 4.78 is 3.27. The minimum absolute atomic E-state index is 0.847. The van der Waals surface area contributed by atoms with Gasteiger partial charge in [-0.2, -0.15) is 0 Å². The molecule has 0 aliphatic rings. The Bertz CT molecular complexity index is 658. The predicted molar refractivity (Wildman–Crippen MR) is 73.0 cm³/mol. The van der Waals surface area contributed by atoms with Crippen LogP contribution in [0.2, 0.25) is 0 Å². The zero-order valence-electron chi connectivity index (χ0n) is 9.18. The van der Waals surface area contributed by atoms with Crippen molar-refractivity contribution in [1.82, 2.24) is 9.55 Å². The van der Waals surface area contributed by atoms with Crippen LogP contribution in [0.1, 0.15) is 5.56 Å². The number of aromatic nitrogens is 2. The molecule has 2 nitrogen and oxygen atoms in total. The molecular weight excluding hydrogens is 276 g/mol. The second kappa shape index (κ2) is 4.34. The Kier molecular flexibility index (Phi) is 2.69. The molecule has 2 aromatic carbocycles. The van der Waals surface area contributed by atoms with Crippen LogP contribution in [0.15, 0.2) is 59.3 Å². The number of rotatable bonds is 2. The maximum Gasteiger partial charge on any atom is 0.0961 e. The van der Waals surface area contributed by atoms with Gasteiger partial charge in [0.25, 0.3) is 0 Å². The monoisotopic (exact) mass is 286 g/mol. The third-order valence-electron chi connectivity index (χ3n) is 2.77. The van der Waals surface area contributed by atoms with E-state index in [-0.39, 0.29) is 0 Å². The van der Waals surface area contributed by atoms with Crippen molar-refractivity contribution in [2.45, 2.75) is 6.54 Å². The molecule has 0 bridgehead atoms. The van der Waals surface area contributed by atoms with E-state index in [0.717, 1.165) is 16.5 Å². The van der Waals surface area contributed by atoms with E-state index in [2.05, 4.69) is 49.7 Å². The fourth-order valence-corrected chi connectivity index (χ4v) is 2.41. The molecule has 3 aromatic rings. The Morgan fingerprint density at radius 2 is 1.94 bits per heavy atom. The first-order valence-electron chi connectivity index (χ1n) is 5.47. The summed E-state index contributed by atoms with van der Waals surface area (Å²) in [5.41, 5.74) is 3.48. The number of hydrogen-bond donors (Lipinski definition) is 0. The summed E-state index contributed by atoms with van der Waals surface area (Å²) in [4.78, 5) is 4.39. The first kappa shape index (κ1) is 10.5. The van der Waals surface area contributed by atoms with Crippen LogP contribution in [0.4, 0.5) is 0 Å². The number of benzene rings is 2. The van der Waals surface area contributed by atoms with E-state index >= 15 is 0 Å². The van der Waals surface area contributed by atoms with Crippen molar-refractivity contribution in [3.8, 4) is 0 Å². The van der Waals surface area contributed by atoms with Crippen molar-refractivity contribution >= 4 is 27.0 Å². The van der Waals surface area contributed by atoms with Crippen molar-refractivity contribution in [1.29, 1.82) is 0 Å². The summed E-state index contributed by atoms with van der Waals surface area (Å²) in [6, 6.07) is 16.5. The zero-order chi connectivity index (χ0) is 11.7. The van der Waals surface area contributed by atoms with E-state index in [1.165, 1.54) is 11.1 Å². The summed E-state index contributed by atoms with van der Waals surface area (Å²) in [5.74, 6) is 0. The maximum atomic E-state index is 4.39. The van der Waals surface area contributed by atoms with Crippen molar-refractivity contribution < 1.29 is 0 Å². The largest absolute Gasteiger partial charge is 0.326 e. The molecule has 0 radical (unpaired) electrons. The van der Waals surface area contributed by atoms with Crippen molar-refractivity contribution in [2.75, 3.05) is 0 Å². The van der Waals surface area contributed by atoms with Crippen LogP contribution < -0.4 is 0 Å². The predicted octanol–water partition coefficient (Wildman–Crippen LogP) is 3.85. The van der Waals surface area contributed by atoms with E-state index in [9.17, 15) is 0 Å². The molecule has 0 spiro atoms. The first-order chi connectivity index (χ1) is 8.33. The molecule has 1 aromatic heterocycles. The van der Waals surface area contributed by atoms with Gasteiger partial charge in [0.2, 0.25) is 0 Å². The van der Waals surface area contributed by atoms with E-state index < -0.39 is 0 Å². The van der Waals surface area contributed by atoms with Crippen LogP contribution in [0.5, 0.6) is 0 Å². The van der Waals surface area contributed by atoms with Gasteiger partial charge in [0.05, 0.1) is 17.4 Å². The maximum absolute atomic E-state index is 4.39. The molecular formula is C14H11BrN2. The smallest absolute Gasteiger partial charge is 0.0961 e. The normalized spacial score (nSPS) is 10.9. The second-order valence-corrected chi connectivity index (χ2v) is 4.91. The topological polar surface area (TPSA) is 17.8 Å². The quantitative estimate of drug-likeness (QED) is 0.700. The summed E-state index contributed by atoms with van der Waals surface area (Å²) >= 11 is 3.49. The highest BCUT2D eigenvalue weighted by atomic mass is 79.9. The summed E-state index contributed by atoms with van der Waals surface area (Å²) in [6.45, 7) is 0.847. The lowest BCUT2D eigenvalue weighted by Crippen LogP contribution is -1.97. The van der Waals surface area contributed by atoms with Crippen molar-refractivity contribution in [3.05, 3.63) is 64.9 Å². The minimum atomic E-state index is 0.847. The first-order valence-corrected chi connectivity index (χ1v) is 6.26. The van der Waals surface area contributed by atoms with Gasteiger partial charge in [-0.25, -0.2) is 4.98 Å². The number of imidazole rings is 1. The molecule has 3 heteroatoms. The summed E-state index contributed by atoms with van der Waals surface area (Å²) in [5, 5.41) is 0. The average molecular weight is 287 g/mol. The second-order valence-electron chi connectivity index (χ2n) is 3.99. The zero-order valence-corrected chi connectivity index (χ0v) is 10.8. The van der Waals surface area contributed by atoms with Crippen molar-refractivity contribution in [3.63, 3.8) is 0 Å². The van der Waals surface area contributed by atoms with Gasteiger partial charge in [0.1, 0.15) is 0 Å². The van der Waals surface area contributed by atoms with Crippen LogP contribution in [0.3, 0.4) is 0 Å². The number of para-hydroxylation sites is 2. The van der Waals surface area contributed by atoms with Crippen molar-refractivity contribution in [2.24, 2.45) is 0 Å². The highest BCUT2D eigenvalue weighted by Gasteiger charge is 2.02. The van der Waals surface area contributed by atoms with Crippen LogP contribution in [-0.4, -0.2) is 9.55 Å². The molecule has 84 valence electrons. The van der Waals surface area contributed by atoms with Crippen LogP contribution in [0, 0.1) is 0 Å². The van der Waals surface area contributed by atoms with Gasteiger partial charge in [0, 0.05) is 11.0 Å². The summed E-state index contributed by atoms with van der Waals surface area (Å²) in [7, 11) is 0. The minimum Gasteiger partial charge on any atom is -0.326 e. The number of halogens is 1. The third kappa shape index (κ3) is 2.11. The van der Waals surface area contributed by atoms with Gasteiger partial charge >= 0.3 is 0 Å². The standard InChI is InChI=1S/C14H11BrN2/c15-12-5-3-4-11(8-12)9-17-10-16-13-6-1-2-7-14(13)17/h1-8,10H,9H2. The molecule has 0 aliphatic heterocycles. The average Bonchev–Trinajstić information content (AvgIpc) is 2.73. The van der Waals surface area contributed by atoms with Gasteiger partial charge in [0.15, 0.2) is 0 Å². The Morgan fingerprint density at radius 1 is 1.06 bits per heavy atom. The molecule has 0 atom stereocenters. The third-order valence-corrected chi connectivity index (χ3v) is 3.26. The Morgan fingerprint density at radius 3 is 2.82 bits per heavy atom. The molecule has 17 heavy (non-hydrogen) atoms. The fourth-order valence-electron chi connectivity index (χ4n) is 1.97. The fraction of sp³-hybridized carbons (Fsp3) is 0.0714. The SMILES string of the molecule is Brc1cccc(Cn2cnc3ccccc32)c1. The van der Waals surface area contributed by atoms with Gasteiger partial charge in [-0.15, -0.1) is 0 Å². The number of nitrogens with zero attached hydrogens (tertiary/aromatic N) is 2. The van der Waals surface area contributed by atoms with Gasteiger partial charge in [-0.05, 0) is 29.8 Å². The van der Waals surface area contributed by atoms with E-state index in [1.54, 1.807) is 0 Å². The molecule has 0 amide bonds. The van der Waals surface area contributed by atoms with E-state index in [1.807, 2.05) is 30.6 Å².